The van der Waals surface area contributed by atoms with Crippen LogP contribution in [0.2, 0.25) is 0 Å². The summed E-state index contributed by atoms with van der Waals surface area (Å²) in [5.41, 5.74) is 12.2. The molecule has 0 amide bonds. The Kier molecular flexibility index (Phi) is 11.8. The molecule has 1 rings (SSSR count). The third-order valence-corrected chi connectivity index (χ3v) is 3.70. The van der Waals surface area contributed by atoms with Crippen molar-refractivity contribution in [1.29, 1.82) is 0 Å². The van der Waals surface area contributed by atoms with E-state index in [4.69, 9.17) is 12.8 Å². The van der Waals surface area contributed by atoms with Crippen LogP contribution in [0.4, 0.5) is 0 Å². The van der Waals surface area contributed by atoms with Crippen LogP contribution in [0.5, 0.6) is 0 Å². The molecule has 0 fully saturated rings. The fourth-order valence-electron chi connectivity index (χ4n) is 2.38. The molecule has 24 heavy (non-hydrogen) atoms. The molecule has 1 aromatic carbocycles. The van der Waals surface area contributed by atoms with E-state index < -0.39 is 5.92 Å². The van der Waals surface area contributed by atoms with Crippen LogP contribution in [0.25, 0.3) is 0 Å². The third-order valence-electron chi connectivity index (χ3n) is 3.70. The van der Waals surface area contributed by atoms with Crippen LogP contribution in [0.1, 0.15) is 33.1 Å². The van der Waals surface area contributed by atoms with Gasteiger partial charge < -0.3 is 16.3 Å². The molecule has 1 radical (unpaired) electrons. The van der Waals surface area contributed by atoms with E-state index in [0.717, 1.165) is 5.56 Å². The number of amidine groups is 1. The fourth-order valence-corrected chi connectivity index (χ4v) is 2.38. The second kappa shape index (κ2) is 13.4. The number of ketones is 1. The van der Waals surface area contributed by atoms with Crippen LogP contribution in [-0.2, 0) is 48.7 Å². The molecule has 2 atom stereocenters. The second-order valence-corrected chi connectivity index (χ2v) is 5.70. The molecule has 1 aromatic rings. The van der Waals surface area contributed by atoms with Crippen LogP contribution < -0.4 is 11.5 Å². The van der Waals surface area contributed by atoms with E-state index in [1.54, 1.807) is 19.1 Å². The minimum atomic E-state index is -0.421. The number of carbonyl (C=O) groups excluding carboxylic acids is 2. The van der Waals surface area contributed by atoms with Crippen LogP contribution in [0, 0.1) is 11.8 Å². The third kappa shape index (κ3) is 9.40. The smallest absolute Gasteiger partial charge is 0.135 e. The molecular formula is C18H26N3O2Y-. The topological polar surface area (TPSA) is 98.5 Å². The molecular weight excluding hydrogens is 379 g/mol. The van der Waals surface area contributed by atoms with Gasteiger partial charge in [-0.3, -0.25) is 16.1 Å². The zero-order chi connectivity index (χ0) is 17.9. The predicted octanol–water partition coefficient (Wildman–Crippen LogP) is 1.64. The van der Waals surface area contributed by atoms with Crippen molar-refractivity contribution in [2.24, 2.45) is 28.3 Å². The molecule has 6 heteroatoms. The maximum atomic E-state index is 12.4. The van der Waals surface area contributed by atoms with Gasteiger partial charge in [0.05, 0.1) is 7.21 Å². The summed E-state index contributed by atoms with van der Waals surface area (Å²) in [6, 6.07) is 7.47. The Bertz CT molecular complexity index is 560. The van der Waals surface area contributed by atoms with E-state index in [9.17, 15) is 9.59 Å². The first-order valence-corrected chi connectivity index (χ1v) is 7.88. The normalized spacial score (nSPS) is 14.2. The standard InChI is InChI=1S/C18H26N3O2.Y/c1-14(20)21-9-5-8-16(13-22)11-18(23)17(12-19)10-15-6-3-2-4-7-15;/h2-4,6-7,16-17H,5,8-12,19H2,1H3,(H2,20,21);/q-1;/i2T;. The summed E-state index contributed by atoms with van der Waals surface area (Å²) in [7, 11) is 0. The maximum Gasteiger partial charge on any atom is 0.135 e. The van der Waals surface area contributed by atoms with E-state index in [-0.39, 0.29) is 57.4 Å². The van der Waals surface area contributed by atoms with Gasteiger partial charge in [-0.2, -0.15) is 0 Å². The van der Waals surface area contributed by atoms with Crippen molar-refractivity contribution in [2.45, 2.75) is 32.6 Å². The van der Waals surface area contributed by atoms with Gasteiger partial charge in [0.2, 0.25) is 0 Å². The van der Waals surface area contributed by atoms with Crippen LogP contribution in [0.3, 0.4) is 0 Å². The number of rotatable bonds is 11. The Morgan fingerprint density at radius 2 is 2.08 bits per heavy atom. The Morgan fingerprint density at radius 3 is 2.62 bits per heavy atom. The minimum Gasteiger partial charge on any atom is -0.541 e. The van der Waals surface area contributed by atoms with E-state index >= 15 is 0 Å². The first-order chi connectivity index (χ1) is 11.5. The number of nitrogens with two attached hydrogens (primary N) is 2. The zero-order valence-corrected chi connectivity index (χ0v) is 17.0. The summed E-state index contributed by atoms with van der Waals surface area (Å²) >= 11 is 0. The van der Waals surface area contributed by atoms with E-state index in [2.05, 4.69) is 4.99 Å². The van der Waals surface area contributed by atoms with Gasteiger partial charge in [0.1, 0.15) is 5.78 Å². The van der Waals surface area contributed by atoms with E-state index in [1.165, 1.54) is 0 Å². The van der Waals surface area contributed by atoms with Gasteiger partial charge in [-0.1, -0.05) is 36.7 Å². The number of hydrogen-bond acceptors (Lipinski definition) is 4. The van der Waals surface area contributed by atoms with Gasteiger partial charge in [0.15, 0.2) is 0 Å². The van der Waals surface area contributed by atoms with Crippen molar-refractivity contribution < 1.29 is 43.7 Å². The zero-order valence-electron chi connectivity index (χ0n) is 15.2. The second-order valence-electron chi connectivity index (χ2n) is 5.70. The summed E-state index contributed by atoms with van der Waals surface area (Å²) in [5.74, 6) is -0.240. The maximum absolute atomic E-state index is 12.4. The molecule has 0 aliphatic heterocycles. The number of benzene rings is 1. The van der Waals surface area contributed by atoms with Crippen LogP contribution in [-0.4, -0.2) is 31.0 Å². The van der Waals surface area contributed by atoms with Crippen molar-refractivity contribution in [3.05, 3.63) is 35.9 Å². The summed E-state index contributed by atoms with van der Waals surface area (Å²) in [4.78, 5) is 27.6. The quantitative estimate of drug-likeness (QED) is 0.252. The number of carbonyl (C=O) groups is 1. The molecule has 0 saturated carbocycles. The van der Waals surface area contributed by atoms with Crippen molar-refractivity contribution in [2.75, 3.05) is 13.1 Å². The van der Waals surface area contributed by atoms with Crippen LogP contribution >= 0.6 is 0 Å². The van der Waals surface area contributed by atoms with Gasteiger partial charge in [0, 0.05) is 51.7 Å². The fraction of sp³-hybridized carbons (Fsp3) is 0.500. The van der Waals surface area contributed by atoms with Crippen molar-refractivity contribution in [3.8, 4) is 0 Å². The minimum absolute atomic E-state index is 0. The molecule has 2 unspecified atom stereocenters. The van der Waals surface area contributed by atoms with Crippen molar-refractivity contribution >= 4 is 17.9 Å². The predicted molar refractivity (Wildman–Crippen MR) is 92.9 cm³/mol. The summed E-state index contributed by atoms with van der Waals surface area (Å²) in [5, 5.41) is 0. The molecule has 0 saturated heterocycles. The summed E-state index contributed by atoms with van der Waals surface area (Å²) in [6.45, 7) is 2.50. The summed E-state index contributed by atoms with van der Waals surface area (Å²) < 4.78 is 7.48. The van der Waals surface area contributed by atoms with E-state index in [1.807, 2.05) is 18.4 Å². The molecule has 0 aliphatic carbocycles. The van der Waals surface area contributed by atoms with Crippen molar-refractivity contribution in [3.63, 3.8) is 0 Å². The van der Waals surface area contributed by atoms with E-state index in [0.29, 0.717) is 37.7 Å². The first kappa shape index (κ1) is 21.1. The van der Waals surface area contributed by atoms with Crippen LogP contribution in [0.15, 0.2) is 35.3 Å². The molecule has 0 spiro atoms. The SMILES string of the molecule is [3H]c1ccc(CC(CN)C(=O)CC([C-]=O)CCCN=C(C)N)cc1.[Y]. The molecule has 0 heterocycles. The van der Waals surface area contributed by atoms with Gasteiger partial charge in [-0.15, -0.1) is 5.92 Å². The van der Waals surface area contributed by atoms with Gasteiger partial charge >= 0.3 is 0 Å². The van der Waals surface area contributed by atoms with Gasteiger partial charge in [-0.25, -0.2) is 0 Å². The Morgan fingerprint density at radius 1 is 1.42 bits per heavy atom. The monoisotopic (exact) mass is 407 g/mol. The molecule has 0 aromatic heterocycles. The molecule has 0 aliphatic rings. The number of Topliss-reactive ketones (excluding diaryl/α,β-unsaturated/α-hetero) is 1. The number of nitrogens with zero attached hydrogens (tertiary/aromatic N) is 1. The van der Waals surface area contributed by atoms with Crippen molar-refractivity contribution in [1.82, 2.24) is 0 Å². The largest absolute Gasteiger partial charge is 0.541 e. The molecule has 4 N–H and O–H groups in total. The number of aliphatic imine (C=N–C) groups is 1. The Hall–Kier alpha value is -0.906. The van der Waals surface area contributed by atoms with Gasteiger partial charge in [0.25, 0.3) is 0 Å². The average molecular weight is 407 g/mol. The molecule has 0 bridgehead atoms. The Balaban J connectivity index is 0.00000576. The first-order valence-electron chi connectivity index (χ1n) is 8.38. The summed E-state index contributed by atoms with van der Waals surface area (Å²) in [6.07, 6.45) is 3.90. The van der Waals surface area contributed by atoms with Gasteiger partial charge in [-0.05, 0) is 31.7 Å². The Labute approximate surface area is 170 Å². The molecule has 5 nitrogen and oxygen atoms in total. The number of hydrogen-bond donors (Lipinski definition) is 2. The molecule has 129 valence electrons. The average Bonchev–Trinajstić information content (AvgIpc) is 2.56.